The Kier molecular flexibility index (Phi) is 5.50. The molecule has 5 nitrogen and oxygen atoms in total. The summed E-state index contributed by atoms with van der Waals surface area (Å²) in [5.74, 6) is 0.913. The lowest BCUT2D eigenvalue weighted by Crippen LogP contribution is -2.20. The molecule has 0 bridgehead atoms. The van der Waals surface area contributed by atoms with Gasteiger partial charge in [0.1, 0.15) is 5.82 Å². The number of aromatic nitrogens is 2. The molecule has 2 aromatic carbocycles. The predicted molar refractivity (Wildman–Crippen MR) is 101 cm³/mol. The Bertz CT molecular complexity index is 899. The second-order valence-corrected chi connectivity index (χ2v) is 6.26. The van der Waals surface area contributed by atoms with E-state index in [1.807, 2.05) is 61.7 Å². The lowest BCUT2D eigenvalue weighted by atomic mass is 10.2. The summed E-state index contributed by atoms with van der Waals surface area (Å²) in [6.07, 6.45) is 2.70. The van der Waals surface area contributed by atoms with E-state index in [-0.39, 0.29) is 12.5 Å². The fourth-order valence-corrected chi connectivity index (χ4v) is 2.85. The molecule has 0 unspecified atom stereocenters. The van der Waals surface area contributed by atoms with Crippen LogP contribution in [0.25, 0.3) is 10.9 Å². The molecule has 0 aliphatic heterocycles. The number of hydrogen-bond donors (Lipinski definition) is 1. The van der Waals surface area contributed by atoms with E-state index in [1.54, 1.807) is 11.8 Å². The molecule has 3 aromatic rings. The molecule has 0 aliphatic carbocycles. The molecule has 128 valence electrons. The molecule has 0 radical (unpaired) electrons. The van der Waals surface area contributed by atoms with E-state index >= 15 is 0 Å². The molecule has 0 saturated heterocycles. The largest absolute Gasteiger partial charge is 0.467 e. The number of carbonyl (C=O) groups excluding carboxylic acids is 1. The maximum absolute atomic E-state index is 12.2. The quantitative estimate of drug-likeness (QED) is 0.680. The number of carbonyl (C=O) groups is 1. The highest BCUT2D eigenvalue weighted by Crippen LogP contribution is 2.23. The third-order valence-electron chi connectivity index (χ3n) is 3.62. The van der Waals surface area contributed by atoms with Crippen LogP contribution in [0.1, 0.15) is 12.7 Å². The van der Waals surface area contributed by atoms with E-state index < -0.39 is 0 Å². The Morgan fingerprint density at radius 3 is 2.80 bits per heavy atom. The van der Waals surface area contributed by atoms with E-state index in [2.05, 4.69) is 15.3 Å². The molecule has 0 fully saturated rings. The Morgan fingerprint density at radius 2 is 2.00 bits per heavy atom. The Labute approximate surface area is 150 Å². The van der Waals surface area contributed by atoms with Gasteiger partial charge in [-0.05, 0) is 36.6 Å². The molecule has 0 aliphatic rings. The minimum absolute atomic E-state index is 0.104. The first-order chi connectivity index (χ1) is 12.2. The predicted octanol–water partition coefficient (Wildman–Crippen LogP) is 3.93. The zero-order valence-corrected chi connectivity index (χ0v) is 15.0. The topological polar surface area (TPSA) is 64.1 Å². The van der Waals surface area contributed by atoms with Gasteiger partial charge in [0.25, 0.3) is 5.91 Å². The Morgan fingerprint density at radius 1 is 1.16 bits per heavy atom. The van der Waals surface area contributed by atoms with Crippen LogP contribution in [0.4, 0.5) is 5.69 Å². The van der Waals surface area contributed by atoms with Crippen molar-refractivity contribution in [1.82, 2.24) is 9.97 Å². The molecular weight excluding hydrogens is 334 g/mol. The molecule has 0 spiro atoms. The summed E-state index contributed by atoms with van der Waals surface area (Å²) < 4.78 is 5.68. The first-order valence-corrected chi connectivity index (χ1v) is 9.24. The average Bonchev–Trinajstić information content (AvgIpc) is 2.66. The number of para-hydroxylation sites is 1. The van der Waals surface area contributed by atoms with Crippen LogP contribution in [0.2, 0.25) is 0 Å². The normalized spacial score (nSPS) is 10.6. The van der Waals surface area contributed by atoms with Crippen molar-refractivity contribution in [3.8, 4) is 5.88 Å². The van der Waals surface area contributed by atoms with E-state index in [4.69, 9.17) is 4.74 Å². The minimum Gasteiger partial charge on any atom is -0.467 e. The molecule has 0 atom stereocenters. The van der Waals surface area contributed by atoms with Crippen LogP contribution in [-0.4, -0.2) is 28.7 Å². The number of ether oxygens (including phenoxy) is 1. The number of thioether (sulfide) groups is 1. The van der Waals surface area contributed by atoms with E-state index in [0.29, 0.717) is 18.1 Å². The molecule has 1 N–H and O–H groups in total. The van der Waals surface area contributed by atoms with Crippen LogP contribution in [0.15, 0.2) is 53.4 Å². The summed E-state index contributed by atoms with van der Waals surface area (Å²) in [7, 11) is 0. The van der Waals surface area contributed by atoms with Gasteiger partial charge in [-0.2, -0.15) is 4.98 Å². The lowest BCUT2D eigenvalue weighted by molar-refractivity contribution is -0.118. The number of fused-ring (bicyclic) bond motifs is 1. The first kappa shape index (κ1) is 17.2. The van der Waals surface area contributed by atoms with Crippen molar-refractivity contribution in [3.63, 3.8) is 0 Å². The molecular formula is C19H19N3O2S. The van der Waals surface area contributed by atoms with E-state index in [1.165, 1.54) is 0 Å². The Hall–Kier alpha value is -2.60. The molecule has 1 aromatic heterocycles. The standard InChI is InChI=1S/C19H19N3O2S/c1-3-17-21-16-10-5-4-9-15(16)19(22-17)24-12-18(23)20-13-7-6-8-14(11-13)25-2/h4-11H,3,12H2,1-2H3,(H,20,23). The minimum atomic E-state index is -0.223. The summed E-state index contributed by atoms with van der Waals surface area (Å²) in [6, 6.07) is 15.3. The third-order valence-corrected chi connectivity index (χ3v) is 4.35. The average molecular weight is 353 g/mol. The van der Waals surface area contributed by atoms with Gasteiger partial charge in [0, 0.05) is 17.0 Å². The van der Waals surface area contributed by atoms with Gasteiger partial charge < -0.3 is 10.1 Å². The van der Waals surface area contributed by atoms with Crippen LogP contribution in [-0.2, 0) is 11.2 Å². The number of hydrogen-bond acceptors (Lipinski definition) is 5. The fourth-order valence-electron chi connectivity index (χ4n) is 2.39. The van der Waals surface area contributed by atoms with Crippen molar-refractivity contribution in [2.75, 3.05) is 18.2 Å². The van der Waals surface area contributed by atoms with E-state index in [9.17, 15) is 4.79 Å². The zero-order valence-electron chi connectivity index (χ0n) is 14.2. The van der Waals surface area contributed by atoms with Crippen LogP contribution in [0.5, 0.6) is 5.88 Å². The van der Waals surface area contributed by atoms with Crippen LogP contribution in [0.3, 0.4) is 0 Å². The fraction of sp³-hybridized carbons (Fsp3) is 0.211. The van der Waals surface area contributed by atoms with Gasteiger partial charge in [0.2, 0.25) is 5.88 Å². The second-order valence-electron chi connectivity index (χ2n) is 5.38. The van der Waals surface area contributed by atoms with Crippen molar-refractivity contribution in [2.24, 2.45) is 0 Å². The van der Waals surface area contributed by atoms with Crippen molar-refractivity contribution in [2.45, 2.75) is 18.2 Å². The third kappa shape index (κ3) is 4.28. The van der Waals surface area contributed by atoms with Gasteiger partial charge in [-0.15, -0.1) is 11.8 Å². The number of nitrogens with zero attached hydrogens (tertiary/aromatic N) is 2. The highest BCUT2D eigenvalue weighted by molar-refractivity contribution is 7.98. The monoisotopic (exact) mass is 353 g/mol. The summed E-state index contributed by atoms with van der Waals surface area (Å²) in [6.45, 7) is 1.88. The molecule has 1 amide bonds. The molecule has 25 heavy (non-hydrogen) atoms. The van der Waals surface area contributed by atoms with Gasteiger partial charge in [-0.1, -0.05) is 25.1 Å². The van der Waals surface area contributed by atoms with E-state index in [0.717, 1.165) is 21.5 Å². The van der Waals surface area contributed by atoms with Crippen molar-refractivity contribution < 1.29 is 9.53 Å². The highest BCUT2D eigenvalue weighted by atomic mass is 32.2. The van der Waals surface area contributed by atoms with Crippen molar-refractivity contribution in [1.29, 1.82) is 0 Å². The molecule has 3 rings (SSSR count). The molecule has 1 heterocycles. The summed E-state index contributed by atoms with van der Waals surface area (Å²) in [5.41, 5.74) is 1.57. The van der Waals surface area contributed by atoms with Gasteiger partial charge >= 0.3 is 0 Å². The zero-order chi connectivity index (χ0) is 17.6. The van der Waals surface area contributed by atoms with Gasteiger partial charge in [0.05, 0.1) is 10.9 Å². The lowest BCUT2D eigenvalue weighted by Gasteiger charge is -2.10. The molecule has 6 heteroatoms. The maximum atomic E-state index is 12.2. The van der Waals surface area contributed by atoms with Crippen LogP contribution < -0.4 is 10.1 Å². The van der Waals surface area contributed by atoms with Crippen LogP contribution in [0, 0.1) is 0 Å². The van der Waals surface area contributed by atoms with Gasteiger partial charge in [-0.25, -0.2) is 4.98 Å². The van der Waals surface area contributed by atoms with Gasteiger partial charge in [0.15, 0.2) is 6.61 Å². The number of nitrogens with one attached hydrogen (secondary N) is 1. The molecule has 0 saturated carbocycles. The maximum Gasteiger partial charge on any atom is 0.262 e. The number of benzene rings is 2. The summed E-state index contributed by atoms with van der Waals surface area (Å²) in [4.78, 5) is 22.2. The summed E-state index contributed by atoms with van der Waals surface area (Å²) in [5, 5.41) is 3.65. The SMILES string of the molecule is CCc1nc(OCC(=O)Nc2cccc(SC)c2)c2ccccc2n1. The number of anilines is 1. The first-order valence-electron chi connectivity index (χ1n) is 8.02. The van der Waals surface area contributed by atoms with Crippen LogP contribution >= 0.6 is 11.8 Å². The van der Waals surface area contributed by atoms with Gasteiger partial charge in [-0.3, -0.25) is 4.79 Å². The van der Waals surface area contributed by atoms with Crippen molar-refractivity contribution >= 4 is 34.3 Å². The number of amides is 1. The number of aryl methyl sites for hydroxylation is 1. The Balaban J connectivity index is 1.72. The van der Waals surface area contributed by atoms with Crippen molar-refractivity contribution in [3.05, 3.63) is 54.4 Å². The smallest absolute Gasteiger partial charge is 0.262 e. The number of rotatable bonds is 6. The highest BCUT2D eigenvalue weighted by Gasteiger charge is 2.10. The summed E-state index contributed by atoms with van der Waals surface area (Å²) >= 11 is 1.63. The second kappa shape index (κ2) is 7.98.